The molecule has 0 fully saturated rings. The molecule has 1 amide bonds. The Morgan fingerprint density at radius 3 is 2.41 bits per heavy atom. The van der Waals surface area contributed by atoms with Gasteiger partial charge >= 0.3 is 0 Å². The lowest BCUT2D eigenvalue weighted by atomic mass is 10.1. The predicted molar refractivity (Wildman–Crippen MR) is 96.9 cm³/mol. The lowest BCUT2D eigenvalue weighted by molar-refractivity contribution is -0.121. The summed E-state index contributed by atoms with van der Waals surface area (Å²) < 4.78 is 21.3. The number of ether oxygens (including phenoxy) is 4. The number of nitrogens with one attached hydrogen (secondary N) is 1. The van der Waals surface area contributed by atoms with Crippen LogP contribution in [0.1, 0.15) is 5.56 Å². The van der Waals surface area contributed by atoms with Crippen LogP contribution in [0.15, 0.2) is 47.1 Å². The van der Waals surface area contributed by atoms with E-state index < -0.39 is 0 Å². The van der Waals surface area contributed by atoms with Crippen molar-refractivity contribution in [1.29, 1.82) is 0 Å². The van der Waals surface area contributed by atoms with Crippen molar-refractivity contribution in [2.24, 2.45) is 4.99 Å². The van der Waals surface area contributed by atoms with Gasteiger partial charge in [-0.3, -0.25) is 9.69 Å². The fourth-order valence-corrected chi connectivity index (χ4v) is 2.97. The van der Waals surface area contributed by atoms with E-state index in [4.69, 9.17) is 18.9 Å². The molecule has 0 bridgehead atoms. The highest BCUT2D eigenvalue weighted by molar-refractivity contribution is 6.17. The molecule has 2 aromatic rings. The summed E-state index contributed by atoms with van der Waals surface area (Å²) in [4.78, 5) is 18.4. The molecule has 0 radical (unpaired) electrons. The zero-order valence-electron chi connectivity index (χ0n) is 14.4. The largest absolute Gasteiger partial charge is 0.454 e. The van der Waals surface area contributed by atoms with E-state index in [-0.39, 0.29) is 19.5 Å². The van der Waals surface area contributed by atoms with Crippen LogP contribution < -0.4 is 24.3 Å². The average Bonchev–Trinajstić information content (AvgIpc) is 3.38. The average molecular weight is 365 g/mol. The van der Waals surface area contributed by atoms with Gasteiger partial charge in [-0.05, 0) is 35.9 Å². The number of aliphatic imine (C=N–C) groups is 1. The first kappa shape index (κ1) is 15.6. The number of rotatable bonds is 2. The minimum absolute atomic E-state index is 0.198. The summed E-state index contributed by atoms with van der Waals surface area (Å²) in [6.45, 7) is 0.416. The van der Waals surface area contributed by atoms with Crippen LogP contribution >= 0.6 is 0 Å². The van der Waals surface area contributed by atoms with Gasteiger partial charge in [0.15, 0.2) is 23.0 Å². The third-order valence-electron chi connectivity index (χ3n) is 4.40. The molecule has 0 unspecified atom stereocenters. The predicted octanol–water partition coefficient (Wildman–Crippen LogP) is 2.42. The Hall–Kier alpha value is -3.68. The molecule has 3 heterocycles. The monoisotopic (exact) mass is 365 g/mol. The van der Waals surface area contributed by atoms with E-state index in [0.717, 1.165) is 11.3 Å². The first-order valence-electron chi connectivity index (χ1n) is 8.32. The molecule has 8 nitrogen and oxygen atoms in total. The Morgan fingerprint density at radius 1 is 0.963 bits per heavy atom. The van der Waals surface area contributed by atoms with Gasteiger partial charge in [-0.2, -0.15) is 0 Å². The highest BCUT2D eigenvalue weighted by Gasteiger charge is 2.27. The van der Waals surface area contributed by atoms with E-state index in [0.29, 0.717) is 34.7 Å². The number of benzene rings is 2. The Balaban J connectivity index is 1.41. The van der Waals surface area contributed by atoms with E-state index >= 15 is 0 Å². The molecule has 3 aliphatic rings. The van der Waals surface area contributed by atoms with E-state index in [2.05, 4.69) is 10.3 Å². The molecule has 0 atom stereocenters. The molecule has 0 spiro atoms. The number of hydrogen-bond acceptors (Lipinski definition) is 7. The Morgan fingerprint density at radius 2 is 1.63 bits per heavy atom. The molecule has 1 N–H and O–H groups in total. The molecule has 3 aliphatic heterocycles. The van der Waals surface area contributed by atoms with Gasteiger partial charge in [0.2, 0.25) is 19.5 Å². The maximum atomic E-state index is 12.5. The Labute approximate surface area is 154 Å². The second-order valence-corrected chi connectivity index (χ2v) is 6.13. The minimum Gasteiger partial charge on any atom is -0.454 e. The quantitative estimate of drug-likeness (QED) is 0.824. The van der Waals surface area contributed by atoms with E-state index in [9.17, 15) is 4.79 Å². The van der Waals surface area contributed by atoms with E-state index in [1.54, 1.807) is 13.1 Å². The molecule has 0 aliphatic carbocycles. The van der Waals surface area contributed by atoms with Crippen LogP contribution in [-0.4, -0.2) is 37.4 Å². The first-order valence-corrected chi connectivity index (χ1v) is 8.32. The minimum atomic E-state index is -0.198. The summed E-state index contributed by atoms with van der Waals surface area (Å²) in [6, 6.07) is 10.9. The molecule has 136 valence electrons. The van der Waals surface area contributed by atoms with Crippen LogP contribution in [0.25, 0.3) is 6.08 Å². The molecule has 0 aromatic heterocycles. The van der Waals surface area contributed by atoms with Gasteiger partial charge < -0.3 is 24.3 Å². The summed E-state index contributed by atoms with van der Waals surface area (Å²) in [5.41, 5.74) is 1.89. The third kappa shape index (κ3) is 2.71. The van der Waals surface area contributed by atoms with Gasteiger partial charge in [0.1, 0.15) is 5.70 Å². The second-order valence-electron chi connectivity index (χ2n) is 6.13. The van der Waals surface area contributed by atoms with Gasteiger partial charge in [0, 0.05) is 18.8 Å². The maximum absolute atomic E-state index is 12.5. The number of amides is 1. The number of fused-ring (bicyclic) bond motifs is 2. The molecule has 2 aromatic carbocycles. The van der Waals surface area contributed by atoms with Gasteiger partial charge in [0.25, 0.3) is 5.91 Å². The molecule has 0 saturated heterocycles. The van der Waals surface area contributed by atoms with Crippen molar-refractivity contribution in [3.05, 3.63) is 47.7 Å². The SMILES string of the molecule is CN1C(=O)/C(=C/c2ccc3c(c2)OCO3)N=C1Nc1ccc2c(c1)OCO2. The number of carbonyl (C=O) groups excluding carboxylic acids is 1. The summed E-state index contributed by atoms with van der Waals surface area (Å²) >= 11 is 0. The normalized spacial score (nSPS) is 18.3. The Kier molecular flexibility index (Phi) is 3.43. The molecular weight excluding hydrogens is 350 g/mol. The van der Waals surface area contributed by atoms with Gasteiger partial charge in [-0.25, -0.2) is 4.99 Å². The molecule has 27 heavy (non-hydrogen) atoms. The van der Waals surface area contributed by atoms with Gasteiger partial charge in [0.05, 0.1) is 0 Å². The summed E-state index contributed by atoms with van der Waals surface area (Å²) in [7, 11) is 1.67. The van der Waals surface area contributed by atoms with Crippen LogP contribution in [0.3, 0.4) is 0 Å². The zero-order valence-corrected chi connectivity index (χ0v) is 14.4. The number of guanidine groups is 1. The van der Waals surface area contributed by atoms with Crippen LogP contribution in [0.5, 0.6) is 23.0 Å². The smallest absolute Gasteiger partial charge is 0.279 e. The van der Waals surface area contributed by atoms with Crippen molar-refractivity contribution in [1.82, 2.24) is 4.90 Å². The summed E-state index contributed by atoms with van der Waals surface area (Å²) in [5.74, 6) is 2.94. The third-order valence-corrected chi connectivity index (χ3v) is 4.40. The number of carbonyl (C=O) groups is 1. The fraction of sp³-hybridized carbons (Fsp3) is 0.158. The van der Waals surface area contributed by atoms with Crippen molar-refractivity contribution < 1.29 is 23.7 Å². The van der Waals surface area contributed by atoms with Crippen molar-refractivity contribution in [3.63, 3.8) is 0 Å². The summed E-state index contributed by atoms with van der Waals surface area (Å²) in [5, 5.41) is 3.14. The van der Waals surface area contributed by atoms with Gasteiger partial charge in [-0.15, -0.1) is 0 Å². The second kappa shape index (κ2) is 5.94. The van der Waals surface area contributed by atoms with Crippen LogP contribution in [0.4, 0.5) is 5.69 Å². The van der Waals surface area contributed by atoms with Crippen LogP contribution in [0.2, 0.25) is 0 Å². The Bertz CT molecular complexity index is 1010. The highest BCUT2D eigenvalue weighted by atomic mass is 16.7. The van der Waals surface area contributed by atoms with Crippen LogP contribution in [-0.2, 0) is 4.79 Å². The first-order chi connectivity index (χ1) is 13.2. The van der Waals surface area contributed by atoms with Crippen molar-refractivity contribution >= 4 is 23.6 Å². The molecule has 0 saturated carbocycles. The van der Waals surface area contributed by atoms with E-state index in [1.165, 1.54) is 4.90 Å². The standard InChI is InChI=1S/C19H15N3O5/c1-22-18(23)13(6-11-2-4-14-16(7-11)26-9-24-14)21-19(22)20-12-3-5-15-17(8-12)27-10-25-15/h2-8H,9-10H2,1H3,(H,20,21)/b13-6-. The topological polar surface area (TPSA) is 81.6 Å². The number of anilines is 1. The molecule has 5 rings (SSSR count). The fourth-order valence-electron chi connectivity index (χ4n) is 2.97. The molecule has 8 heteroatoms. The highest BCUT2D eigenvalue weighted by Crippen LogP contribution is 2.35. The molecular formula is C19H15N3O5. The number of nitrogens with zero attached hydrogens (tertiary/aromatic N) is 2. The van der Waals surface area contributed by atoms with Crippen molar-refractivity contribution in [2.45, 2.75) is 0 Å². The van der Waals surface area contributed by atoms with Crippen molar-refractivity contribution in [2.75, 3.05) is 26.0 Å². The van der Waals surface area contributed by atoms with Gasteiger partial charge in [-0.1, -0.05) is 6.07 Å². The maximum Gasteiger partial charge on any atom is 0.279 e. The van der Waals surface area contributed by atoms with Crippen molar-refractivity contribution in [3.8, 4) is 23.0 Å². The van der Waals surface area contributed by atoms with Crippen LogP contribution in [0, 0.1) is 0 Å². The summed E-state index contributed by atoms with van der Waals surface area (Å²) in [6.07, 6.45) is 1.72. The zero-order chi connectivity index (χ0) is 18.4. The lowest BCUT2D eigenvalue weighted by Gasteiger charge is -2.13. The number of likely N-dealkylation sites (N-methyl/N-ethyl adjacent to an activating group) is 1. The number of hydrogen-bond donors (Lipinski definition) is 1. The van der Waals surface area contributed by atoms with E-state index in [1.807, 2.05) is 36.4 Å². The lowest BCUT2D eigenvalue weighted by Crippen LogP contribution is -2.32.